The molecule has 1 aliphatic carbocycles. The third-order valence-corrected chi connectivity index (χ3v) is 4.40. The number of carbonyl (C=O) groups is 1. The van der Waals surface area contributed by atoms with E-state index in [-0.39, 0.29) is 28.2 Å². The summed E-state index contributed by atoms with van der Waals surface area (Å²) in [6.45, 7) is 2.14. The van der Waals surface area contributed by atoms with Crippen molar-refractivity contribution in [3.05, 3.63) is 38.9 Å². The normalized spacial score (nSPS) is 22.4. The van der Waals surface area contributed by atoms with E-state index < -0.39 is 4.92 Å². The molecule has 1 fully saturated rings. The highest BCUT2D eigenvalue weighted by molar-refractivity contribution is 6.32. The molecule has 2 atom stereocenters. The van der Waals surface area contributed by atoms with Gasteiger partial charge in [0.1, 0.15) is 5.02 Å². The summed E-state index contributed by atoms with van der Waals surface area (Å²) in [7, 11) is 0. The molecule has 0 bridgehead atoms. The third kappa shape index (κ3) is 3.94. The van der Waals surface area contributed by atoms with E-state index in [4.69, 9.17) is 11.6 Å². The van der Waals surface area contributed by atoms with E-state index in [9.17, 15) is 14.9 Å². The first-order valence-electron chi connectivity index (χ1n) is 7.24. The molecule has 0 heterocycles. The lowest BCUT2D eigenvalue weighted by Crippen LogP contribution is -2.38. The molecule has 1 aromatic rings. The van der Waals surface area contributed by atoms with Gasteiger partial charge in [0.25, 0.3) is 11.6 Å². The number of halogens is 1. The molecule has 1 aliphatic rings. The van der Waals surface area contributed by atoms with E-state index in [0.717, 1.165) is 19.3 Å². The maximum absolute atomic E-state index is 12.3. The number of nitro groups is 1. The van der Waals surface area contributed by atoms with Gasteiger partial charge in [-0.1, -0.05) is 37.8 Å². The van der Waals surface area contributed by atoms with Crippen LogP contribution in [0.15, 0.2) is 18.2 Å². The predicted octanol–water partition coefficient (Wildman–Crippen LogP) is 3.95. The summed E-state index contributed by atoms with van der Waals surface area (Å²) in [6, 6.07) is 4.28. The summed E-state index contributed by atoms with van der Waals surface area (Å²) in [6.07, 6.45) is 5.56. The Hall–Kier alpha value is -1.62. The lowest BCUT2D eigenvalue weighted by Gasteiger charge is -2.22. The number of carbonyl (C=O) groups excluding carboxylic acids is 1. The number of nitro benzene ring substituents is 1. The van der Waals surface area contributed by atoms with Gasteiger partial charge in [-0.15, -0.1) is 0 Å². The number of nitrogens with zero attached hydrogens (tertiary/aromatic N) is 1. The van der Waals surface area contributed by atoms with Gasteiger partial charge in [0, 0.05) is 17.7 Å². The van der Waals surface area contributed by atoms with E-state index in [1.165, 1.54) is 31.0 Å². The highest BCUT2D eigenvalue weighted by Crippen LogP contribution is 2.26. The molecule has 0 spiro atoms. The summed E-state index contributed by atoms with van der Waals surface area (Å²) < 4.78 is 0. The van der Waals surface area contributed by atoms with Crippen LogP contribution in [0.25, 0.3) is 0 Å². The second-order valence-electron chi connectivity index (χ2n) is 5.62. The van der Waals surface area contributed by atoms with Gasteiger partial charge in [-0.25, -0.2) is 0 Å². The molecule has 114 valence electrons. The Kier molecular flexibility index (Phi) is 5.17. The van der Waals surface area contributed by atoms with Gasteiger partial charge in [-0.2, -0.15) is 0 Å². The quantitative estimate of drug-likeness (QED) is 0.522. The highest BCUT2D eigenvalue weighted by atomic mass is 35.5. The van der Waals surface area contributed by atoms with Gasteiger partial charge in [0.15, 0.2) is 0 Å². The molecule has 2 unspecified atom stereocenters. The molecule has 1 saturated carbocycles. The molecule has 0 aromatic heterocycles. The molecule has 6 heteroatoms. The highest BCUT2D eigenvalue weighted by Gasteiger charge is 2.23. The maximum atomic E-state index is 12.3. The molecule has 1 aromatic carbocycles. The van der Waals surface area contributed by atoms with Crippen molar-refractivity contribution in [1.82, 2.24) is 5.32 Å². The van der Waals surface area contributed by atoms with Crippen LogP contribution in [0.2, 0.25) is 5.02 Å². The second-order valence-corrected chi connectivity index (χ2v) is 6.03. The average molecular weight is 311 g/mol. The maximum Gasteiger partial charge on any atom is 0.288 e. The van der Waals surface area contributed by atoms with Crippen LogP contribution in [0.5, 0.6) is 0 Å². The summed E-state index contributed by atoms with van der Waals surface area (Å²) >= 11 is 5.76. The second kappa shape index (κ2) is 6.89. The van der Waals surface area contributed by atoms with Crippen LogP contribution in [-0.2, 0) is 0 Å². The van der Waals surface area contributed by atoms with Gasteiger partial charge in [0.05, 0.1) is 4.92 Å². The zero-order valence-electron chi connectivity index (χ0n) is 12.0. The predicted molar refractivity (Wildman–Crippen MR) is 81.6 cm³/mol. The summed E-state index contributed by atoms with van der Waals surface area (Å²) in [5, 5.41) is 13.9. The average Bonchev–Trinajstić information content (AvgIpc) is 2.64. The first kappa shape index (κ1) is 15.8. The first-order valence-corrected chi connectivity index (χ1v) is 7.61. The van der Waals surface area contributed by atoms with Crippen LogP contribution in [0.1, 0.15) is 49.4 Å². The fraction of sp³-hybridized carbons (Fsp3) is 0.533. The molecule has 5 nitrogen and oxygen atoms in total. The molecular formula is C15H19ClN2O3. The van der Waals surface area contributed by atoms with Crippen molar-refractivity contribution in [2.75, 3.05) is 0 Å². The van der Waals surface area contributed by atoms with Crippen LogP contribution < -0.4 is 5.32 Å². The Bertz CT molecular complexity index is 548. The van der Waals surface area contributed by atoms with E-state index in [1.54, 1.807) is 0 Å². The zero-order valence-corrected chi connectivity index (χ0v) is 12.7. The van der Waals surface area contributed by atoms with E-state index >= 15 is 0 Å². The van der Waals surface area contributed by atoms with Crippen LogP contribution in [-0.4, -0.2) is 16.9 Å². The van der Waals surface area contributed by atoms with Crippen molar-refractivity contribution in [2.45, 2.75) is 45.1 Å². The molecule has 1 N–H and O–H groups in total. The van der Waals surface area contributed by atoms with Crippen molar-refractivity contribution < 1.29 is 9.72 Å². The number of benzene rings is 1. The van der Waals surface area contributed by atoms with Crippen LogP contribution in [0.4, 0.5) is 5.69 Å². The van der Waals surface area contributed by atoms with E-state index in [0.29, 0.717) is 5.92 Å². The van der Waals surface area contributed by atoms with Crippen molar-refractivity contribution in [2.24, 2.45) is 5.92 Å². The zero-order chi connectivity index (χ0) is 15.4. The molecule has 0 aliphatic heterocycles. The SMILES string of the molecule is CC1CCCCCC1NC(=O)c1ccc(Cl)c([N+](=O)[O-])c1. The van der Waals surface area contributed by atoms with Gasteiger partial charge in [-0.3, -0.25) is 14.9 Å². The number of hydrogen-bond donors (Lipinski definition) is 1. The monoisotopic (exact) mass is 310 g/mol. The Morgan fingerprint density at radius 1 is 1.33 bits per heavy atom. The van der Waals surface area contributed by atoms with Crippen molar-refractivity contribution >= 4 is 23.2 Å². The molecule has 2 rings (SSSR count). The van der Waals surface area contributed by atoms with Crippen LogP contribution in [0, 0.1) is 16.0 Å². The van der Waals surface area contributed by atoms with Crippen molar-refractivity contribution in [3.8, 4) is 0 Å². The van der Waals surface area contributed by atoms with E-state index in [1.807, 2.05) is 0 Å². The standard InChI is InChI=1S/C15H19ClN2O3/c1-10-5-3-2-4-6-13(10)17-15(19)11-7-8-12(16)14(9-11)18(20)21/h7-10,13H,2-6H2,1H3,(H,17,19). The number of amides is 1. The molecule has 0 radical (unpaired) electrons. The molecular weight excluding hydrogens is 292 g/mol. The molecule has 1 amide bonds. The Morgan fingerprint density at radius 2 is 2.05 bits per heavy atom. The van der Waals surface area contributed by atoms with Gasteiger partial charge in [0.2, 0.25) is 0 Å². The Labute approximate surface area is 128 Å². The van der Waals surface area contributed by atoms with Gasteiger partial charge < -0.3 is 5.32 Å². The summed E-state index contributed by atoms with van der Waals surface area (Å²) in [5.74, 6) is 0.159. The number of nitrogens with one attached hydrogen (secondary N) is 1. The largest absolute Gasteiger partial charge is 0.349 e. The third-order valence-electron chi connectivity index (χ3n) is 4.08. The number of hydrogen-bond acceptors (Lipinski definition) is 3. The Morgan fingerprint density at radius 3 is 2.76 bits per heavy atom. The summed E-state index contributed by atoms with van der Waals surface area (Å²) in [4.78, 5) is 22.6. The van der Waals surface area contributed by atoms with E-state index in [2.05, 4.69) is 12.2 Å². The first-order chi connectivity index (χ1) is 9.99. The van der Waals surface area contributed by atoms with Crippen LogP contribution in [0.3, 0.4) is 0 Å². The lowest BCUT2D eigenvalue weighted by atomic mass is 9.96. The van der Waals surface area contributed by atoms with Gasteiger partial charge >= 0.3 is 0 Å². The molecule has 21 heavy (non-hydrogen) atoms. The summed E-state index contributed by atoms with van der Waals surface area (Å²) in [5.41, 5.74) is 0.0424. The fourth-order valence-electron chi connectivity index (χ4n) is 2.75. The minimum atomic E-state index is -0.576. The van der Waals surface area contributed by atoms with Gasteiger partial charge in [-0.05, 0) is 30.9 Å². The lowest BCUT2D eigenvalue weighted by molar-refractivity contribution is -0.384. The smallest absolute Gasteiger partial charge is 0.288 e. The molecule has 0 saturated heterocycles. The topological polar surface area (TPSA) is 72.2 Å². The minimum absolute atomic E-state index is 0.0411. The van der Waals surface area contributed by atoms with Crippen molar-refractivity contribution in [1.29, 1.82) is 0 Å². The fourth-order valence-corrected chi connectivity index (χ4v) is 2.94. The van der Waals surface area contributed by atoms with Crippen LogP contribution >= 0.6 is 11.6 Å². The number of rotatable bonds is 3. The minimum Gasteiger partial charge on any atom is -0.349 e. The van der Waals surface area contributed by atoms with Crippen molar-refractivity contribution in [3.63, 3.8) is 0 Å². The Balaban J connectivity index is 2.12.